The van der Waals surface area contributed by atoms with Crippen molar-refractivity contribution >= 4 is 57.8 Å². The van der Waals surface area contributed by atoms with E-state index in [9.17, 15) is 9.59 Å². The maximum Gasteiger partial charge on any atom is 0.264 e. The Bertz CT molecular complexity index is 891. The zero-order chi connectivity index (χ0) is 17.8. The lowest BCUT2D eigenvalue weighted by atomic mass is 10.2. The lowest BCUT2D eigenvalue weighted by Crippen LogP contribution is -2.19. The predicted octanol–water partition coefficient (Wildman–Crippen LogP) is 4.19. The van der Waals surface area contributed by atoms with Crippen molar-refractivity contribution in [2.75, 3.05) is 5.32 Å². The second-order valence-electron chi connectivity index (χ2n) is 5.26. The van der Waals surface area contributed by atoms with Gasteiger partial charge < -0.3 is 10.6 Å². The SMILES string of the molecule is CC(=O)Nc1ccc(N=C2NC(=O)/C(=C/c3cccc(Cl)c3)S2)cc1. The number of benzene rings is 2. The van der Waals surface area contributed by atoms with Crippen LogP contribution in [0, 0.1) is 0 Å². The monoisotopic (exact) mass is 371 g/mol. The van der Waals surface area contributed by atoms with E-state index < -0.39 is 0 Å². The van der Waals surface area contributed by atoms with Gasteiger partial charge in [0.1, 0.15) is 0 Å². The average Bonchev–Trinajstić information content (AvgIpc) is 2.88. The number of thioether (sulfide) groups is 1. The van der Waals surface area contributed by atoms with Crippen molar-refractivity contribution in [2.45, 2.75) is 6.92 Å². The molecule has 0 aliphatic carbocycles. The summed E-state index contributed by atoms with van der Waals surface area (Å²) in [6, 6.07) is 14.3. The van der Waals surface area contributed by atoms with Crippen molar-refractivity contribution in [3.8, 4) is 0 Å². The van der Waals surface area contributed by atoms with Crippen LogP contribution < -0.4 is 10.6 Å². The second-order valence-corrected chi connectivity index (χ2v) is 6.73. The first-order valence-corrected chi connectivity index (χ1v) is 8.62. The molecule has 1 heterocycles. The number of anilines is 1. The fourth-order valence-electron chi connectivity index (χ4n) is 2.17. The van der Waals surface area contributed by atoms with Crippen LogP contribution in [0.4, 0.5) is 11.4 Å². The van der Waals surface area contributed by atoms with E-state index in [4.69, 9.17) is 11.6 Å². The number of carbonyl (C=O) groups is 2. The molecule has 2 amide bonds. The van der Waals surface area contributed by atoms with Gasteiger partial charge in [-0.1, -0.05) is 23.7 Å². The number of aliphatic imine (C=N–C) groups is 1. The van der Waals surface area contributed by atoms with Crippen molar-refractivity contribution in [3.05, 3.63) is 64.0 Å². The first-order chi connectivity index (χ1) is 12.0. The van der Waals surface area contributed by atoms with E-state index in [1.54, 1.807) is 42.5 Å². The Morgan fingerprint density at radius 1 is 1.24 bits per heavy atom. The van der Waals surface area contributed by atoms with Crippen molar-refractivity contribution in [1.29, 1.82) is 0 Å². The Morgan fingerprint density at radius 2 is 2.00 bits per heavy atom. The van der Waals surface area contributed by atoms with Gasteiger partial charge in [0.05, 0.1) is 10.6 Å². The fourth-order valence-corrected chi connectivity index (χ4v) is 3.21. The molecule has 1 aliphatic rings. The minimum absolute atomic E-state index is 0.131. The molecule has 3 rings (SSSR count). The number of carbonyl (C=O) groups excluding carboxylic acids is 2. The van der Waals surface area contributed by atoms with Crippen molar-refractivity contribution in [1.82, 2.24) is 5.32 Å². The number of hydrogen-bond donors (Lipinski definition) is 2. The molecule has 1 saturated heterocycles. The molecule has 126 valence electrons. The third-order valence-electron chi connectivity index (χ3n) is 3.22. The third kappa shape index (κ3) is 4.71. The maximum absolute atomic E-state index is 12.1. The summed E-state index contributed by atoms with van der Waals surface area (Å²) in [5, 5.41) is 6.55. The van der Waals surface area contributed by atoms with Gasteiger partial charge in [-0.15, -0.1) is 0 Å². The Balaban J connectivity index is 1.75. The van der Waals surface area contributed by atoms with Crippen molar-refractivity contribution in [3.63, 3.8) is 0 Å². The topological polar surface area (TPSA) is 70.6 Å². The molecule has 0 spiro atoms. The summed E-state index contributed by atoms with van der Waals surface area (Å²) in [6.07, 6.45) is 1.77. The second kappa shape index (κ2) is 7.55. The van der Waals surface area contributed by atoms with Crippen LogP contribution in [0.15, 0.2) is 58.4 Å². The minimum Gasteiger partial charge on any atom is -0.326 e. The number of amidine groups is 1. The quantitative estimate of drug-likeness (QED) is 0.795. The summed E-state index contributed by atoms with van der Waals surface area (Å²) in [6.45, 7) is 1.45. The average molecular weight is 372 g/mol. The maximum atomic E-state index is 12.1. The smallest absolute Gasteiger partial charge is 0.264 e. The van der Waals surface area contributed by atoms with Crippen LogP contribution in [0.5, 0.6) is 0 Å². The molecule has 5 nitrogen and oxygen atoms in total. The van der Waals surface area contributed by atoms with E-state index in [1.807, 2.05) is 12.1 Å². The van der Waals surface area contributed by atoms with E-state index in [0.29, 0.717) is 26.5 Å². The summed E-state index contributed by atoms with van der Waals surface area (Å²) in [7, 11) is 0. The first-order valence-electron chi connectivity index (χ1n) is 7.42. The van der Waals surface area contributed by atoms with Crippen LogP contribution in [0.25, 0.3) is 6.08 Å². The van der Waals surface area contributed by atoms with Gasteiger partial charge >= 0.3 is 0 Å². The van der Waals surface area contributed by atoms with Gasteiger partial charge in [-0.3, -0.25) is 9.59 Å². The van der Waals surface area contributed by atoms with Gasteiger partial charge in [-0.25, -0.2) is 4.99 Å². The predicted molar refractivity (Wildman–Crippen MR) is 103 cm³/mol. The minimum atomic E-state index is -0.196. The summed E-state index contributed by atoms with van der Waals surface area (Å²) in [4.78, 5) is 28.1. The van der Waals surface area contributed by atoms with Crippen LogP contribution in [0.1, 0.15) is 12.5 Å². The lowest BCUT2D eigenvalue weighted by Gasteiger charge is -2.02. The number of amides is 2. The number of halogens is 1. The van der Waals surface area contributed by atoms with Crippen LogP contribution in [0.2, 0.25) is 5.02 Å². The Labute approximate surface area is 154 Å². The van der Waals surface area contributed by atoms with Gasteiger partial charge in [-0.05, 0) is 59.8 Å². The van der Waals surface area contributed by atoms with Crippen molar-refractivity contribution < 1.29 is 9.59 Å². The molecule has 2 aromatic carbocycles. The molecule has 7 heteroatoms. The highest BCUT2D eigenvalue weighted by Gasteiger charge is 2.23. The zero-order valence-electron chi connectivity index (χ0n) is 13.2. The summed E-state index contributed by atoms with van der Waals surface area (Å²) in [5.74, 6) is -0.327. The van der Waals surface area contributed by atoms with Crippen LogP contribution in [-0.2, 0) is 9.59 Å². The molecule has 0 saturated carbocycles. The van der Waals surface area contributed by atoms with Crippen LogP contribution in [-0.4, -0.2) is 17.0 Å². The van der Waals surface area contributed by atoms with Crippen LogP contribution >= 0.6 is 23.4 Å². The van der Waals surface area contributed by atoms with Gasteiger partial charge in [0.25, 0.3) is 5.91 Å². The molecule has 0 atom stereocenters. The zero-order valence-corrected chi connectivity index (χ0v) is 14.8. The van der Waals surface area contributed by atoms with E-state index >= 15 is 0 Å². The summed E-state index contributed by atoms with van der Waals surface area (Å²) < 4.78 is 0. The highest BCUT2D eigenvalue weighted by molar-refractivity contribution is 8.18. The Morgan fingerprint density at radius 3 is 2.68 bits per heavy atom. The highest BCUT2D eigenvalue weighted by atomic mass is 35.5. The van der Waals surface area contributed by atoms with Gasteiger partial charge in [0.15, 0.2) is 5.17 Å². The molecule has 0 unspecified atom stereocenters. The fraction of sp³-hybridized carbons (Fsp3) is 0.0556. The molecule has 0 radical (unpaired) electrons. The highest BCUT2D eigenvalue weighted by Crippen LogP contribution is 2.28. The molecule has 0 aromatic heterocycles. The van der Waals surface area contributed by atoms with E-state index in [-0.39, 0.29) is 11.8 Å². The number of rotatable bonds is 3. The number of nitrogens with one attached hydrogen (secondary N) is 2. The molecule has 0 bridgehead atoms. The summed E-state index contributed by atoms with van der Waals surface area (Å²) in [5.41, 5.74) is 2.23. The Kier molecular flexibility index (Phi) is 5.21. The third-order valence-corrected chi connectivity index (χ3v) is 4.36. The molecule has 25 heavy (non-hydrogen) atoms. The standard InChI is InChI=1S/C18H14ClN3O2S/c1-11(23)20-14-5-7-15(8-6-14)21-18-22-17(24)16(25-18)10-12-3-2-4-13(19)9-12/h2-10H,1H3,(H,20,23)(H,21,22,24)/b16-10-. The first kappa shape index (κ1) is 17.3. The van der Waals surface area contributed by atoms with Gasteiger partial charge in [0, 0.05) is 17.6 Å². The molecule has 1 aliphatic heterocycles. The molecule has 2 N–H and O–H groups in total. The Hall–Kier alpha value is -2.57. The summed E-state index contributed by atoms with van der Waals surface area (Å²) >= 11 is 7.23. The largest absolute Gasteiger partial charge is 0.326 e. The molecule has 1 fully saturated rings. The molecular weight excluding hydrogens is 358 g/mol. The molecule has 2 aromatic rings. The van der Waals surface area contributed by atoms with Gasteiger partial charge in [-0.2, -0.15) is 0 Å². The number of nitrogens with zero attached hydrogens (tertiary/aromatic N) is 1. The van der Waals surface area contributed by atoms with Crippen LogP contribution in [0.3, 0.4) is 0 Å². The van der Waals surface area contributed by atoms with Crippen molar-refractivity contribution in [2.24, 2.45) is 4.99 Å². The lowest BCUT2D eigenvalue weighted by molar-refractivity contribution is -0.115. The van der Waals surface area contributed by atoms with E-state index in [1.165, 1.54) is 18.7 Å². The molecular formula is C18H14ClN3O2S. The van der Waals surface area contributed by atoms with E-state index in [0.717, 1.165) is 5.56 Å². The number of hydrogen-bond acceptors (Lipinski definition) is 4. The van der Waals surface area contributed by atoms with E-state index in [2.05, 4.69) is 15.6 Å². The van der Waals surface area contributed by atoms with Gasteiger partial charge in [0.2, 0.25) is 5.91 Å². The normalized spacial score (nSPS) is 17.0.